The van der Waals surface area contributed by atoms with E-state index in [1.807, 2.05) is 12.1 Å². The summed E-state index contributed by atoms with van der Waals surface area (Å²) >= 11 is 0. The summed E-state index contributed by atoms with van der Waals surface area (Å²) in [5.41, 5.74) is 2.31. The van der Waals surface area contributed by atoms with Crippen LogP contribution in [0.2, 0.25) is 0 Å². The summed E-state index contributed by atoms with van der Waals surface area (Å²) in [6.07, 6.45) is 2.57. The highest BCUT2D eigenvalue weighted by Gasteiger charge is 2.20. The third-order valence-corrected chi connectivity index (χ3v) is 3.18. The van der Waals surface area contributed by atoms with Gasteiger partial charge in [-0.3, -0.25) is 0 Å². The second-order valence-electron chi connectivity index (χ2n) is 4.92. The average molecular weight is 235 g/mol. The first kappa shape index (κ1) is 12.4. The lowest BCUT2D eigenvalue weighted by atomic mass is 10.1. The molecule has 1 N–H and O–H groups in total. The Morgan fingerprint density at radius 1 is 1.41 bits per heavy atom. The number of hydrogen-bond donors (Lipinski definition) is 1. The van der Waals surface area contributed by atoms with Gasteiger partial charge in [0.05, 0.1) is 12.7 Å². The van der Waals surface area contributed by atoms with Crippen LogP contribution in [-0.4, -0.2) is 37.3 Å². The first-order chi connectivity index (χ1) is 8.16. The zero-order valence-corrected chi connectivity index (χ0v) is 10.6. The van der Waals surface area contributed by atoms with Crippen LogP contribution in [0.15, 0.2) is 18.2 Å². The van der Waals surface area contributed by atoms with Gasteiger partial charge < -0.3 is 14.7 Å². The van der Waals surface area contributed by atoms with Gasteiger partial charge in [0.15, 0.2) is 0 Å². The Morgan fingerprint density at radius 2 is 2.24 bits per heavy atom. The van der Waals surface area contributed by atoms with Gasteiger partial charge in [0.1, 0.15) is 5.75 Å². The maximum atomic E-state index is 9.70. The number of hydrogen-bond acceptors (Lipinski definition) is 3. The molecule has 0 spiro atoms. The van der Waals surface area contributed by atoms with Crippen LogP contribution in [0.1, 0.15) is 30.1 Å². The minimum Gasteiger partial charge on any atom is -0.494 e. The largest absolute Gasteiger partial charge is 0.494 e. The molecule has 0 fully saturated rings. The zero-order chi connectivity index (χ0) is 12.3. The molecule has 94 valence electrons. The van der Waals surface area contributed by atoms with Crippen LogP contribution in [0.25, 0.3) is 0 Å². The number of fused-ring (bicyclic) bond motifs is 1. The summed E-state index contributed by atoms with van der Waals surface area (Å²) < 4.78 is 5.71. The number of aliphatic hydroxyl groups excluding tert-OH is 1. The highest BCUT2D eigenvalue weighted by atomic mass is 16.5. The fourth-order valence-electron chi connectivity index (χ4n) is 2.23. The van der Waals surface area contributed by atoms with Gasteiger partial charge in [-0.2, -0.15) is 0 Å². The topological polar surface area (TPSA) is 32.7 Å². The van der Waals surface area contributed by atoms with Crippen molar-refractivity contribution < 1.29 is 9.84 Å². The van der Waals surface area contributed by atoms with Gasteiger partial charge in [-0.05, 0) is 56.6 Å². The van der Waals surface area contributed by atoms with E-state index in [-0.39, 0.29) is 6.10 Å². The van der Waals surface area contributed by atoms with E-state index in [1.54, 1.807) is 0 Å². The smallest absolute Gasteiger partial charge is 0.119 e. The Morgan fingerprint density at radius 3 is 3.00 bits per heavy atom. The Bertz CT molecular complexity index is 376. The number of aliphatic hydroxyl groups is 1. The summed E-state index contributed by atoms with van der Waals surface area (Å²) in [6, 6.07) is 6.03. The number of rotatable bonds is 5. The van der Waals surface area contributed by atoms with Gasteiger partial charge in [0.25, 0.3) is 0 Å². The minimum absolute atomic E-state index is 0.271. The van der Waals surface area contributed by atoms with Gasteiger partial charge in [-0.25, -0.2) is 0 Å². The molecule has 1 aliphatic rings. The Kier molecular flexibility index (Phi) is 4.02. The summed E-state index contributed by atoms with van der Waals surface area (Å²) in [5, 5.41) is 9.70. The van der Waals surface area contributed by atoms with Crippen molar-refractivity contribution in [3.8, 4) is 5.75 Å². The fraction of sp³-hybridized carbons (Fsp3) is 0.571. The Hall–Kier alpha value is -1.06. The quantitative estimate of drug-likeness (QED) is 0.792. The van der Waals surface area contributed by atoms with Crippen LogP contribution in [0, 0.1) is 0 Å². The first-order valence-electron chi connectivity index (χ1n) is 6.25. The highest BCUT2D eigenvalue weighted by molar-refractivity contribution is 5.39. The molecular formula is C14H21NO2. The maximum Gasteiger partial charge on any atom is 0.119 e. The minimum atomic E-state index is -0.271. The number of ether oxygens (including phenoxy) is 1. The molecule has 1 aliphatic carbocycles. The molecule has 0 amide bonds. The van der Waals surface area contributed by atoms with Crippen molar-refractivity contribution in [3.63, 3.8) is 0 Å². The van der Waals surface area contributed by atoms with E-state index in [9.17, 15) is 5.11 Å². The molecule has 3 heteroatoms. The van der Waals surface area contributed by atoms with E-state index in [0.717, 1.165) is 43.7 Å². The van der Waals surface area contributed by atoms with E-state index in [0.29, 0.717) is 0 Å². The molecular weight excluding hydrogens is 214 g/mol. The average Bonchev–Trinajstić information content (AvgIpc) is 2.66. The molecule has 1 aromatic rings. The molecule has 1 aromatic carbocycles. The van der Waals surface area contributed by atoms with Gasteiger partial charge in [-0.1, -0.05) is 6.07 Å². The number of benzene rings is 1. The summed E-state index contributed by atoms with van der Waals surface area (Å²) in [7, 11) is 4.13. The zero-order valence-electron chi connectivity index (χ0n) is 10.6. The normalized spacial score (nSPS) is 18.5. The van der Waals surface area contributed by atoms with Gasteiger partial charge in [0, 0.05) is 6.54 Å². The monoisotopic (exact) mass is 235 g/mol. The molecule has 0 aliphatic heterocycles. The molecule has 1 unspecified atom stereocenters. The fourth-order valence-corrected chi connectivity index (χ4v) is 2.23. The summed E-state index contributed by atoms with van der Waals surface area (Å²) in [5.74, 6) is 0.927. The molecule has 0 heterocycles. The van der Waals surface area contributed by atoms with Crippen molar-refractivity contribution in [1.29, 1.82) is 0 Å². The molecule has 0 saturated heterocycles. The number of aryl methyl sites for hydroxylation is 1. The standard InChI is InChI=1S/C14H21NO2/c1-15(2)8-3-9-17-12-5-6-13-11(10-12)4-7-14(13)16/h5-6,10,14,16H,3-4,7-9H2,1-2H3. The van der Waals surface area contributed by atoms with Crippen LogP contribution in [-0.2, 0) is 6.42 Å². The van der Waals surface area contributed by atoms with Crippen LogP contribution < -0.4 is 4.74 Å². The van der Waals surface area contributed by atoms with E-state index in [2.05, 4.69) is 25.1 Å². The van der Waals surface area contributed by atoms with Crippen LogP contribution >= 0.6 is 0 Å². The maximum absolute atomic E-state index is 9.70. The second kappa shape index (κ2) is 5.52. The van der Waals surface area contributed by atoms with Crippen LogP contribution in [0.4, 0.5) is 0 Å². The first-order valence-corrected chi connectivity index (χ1v) is 6.25. The molecule has 0 saturated carbocycles. The van der Waals surface area contributed by atoms with Gasteiger partial charge in [-0.15, -0.1) is 0 Å². The second-order valence-corrected chi connectivity index (χ2v) is 4.92. The van der Waals surface area contributed by atoms with Crippen molar-refractivity contribution in [3.05, 3.63) is 29.3 Å². The van der Waals surface area contributed by atoms with E-state index >= 15 is 0 Å². The number of nitrogens with zero attached hydrogens (tertiary/aromatic N) is 1. The van der Waals surface area contributed by atoms with Crippen molar-refractivity contribution in [2.45, 2.75) is 25.4 Å². The lowest BCUT2D eigenvalue weighted by Crippen LogP contribution is -2.15. The highest BCUT2D eigenvalue weighted by Crippen LogP contribution is 2.33. The summed E-state index contributed by atoms with van der Waals surface area (Å²) in [6.45, 7) is 1.79. The molecule has 1 atom stereocenters. The van der Waals surface area contributed by atoms with Crippen molar-refractivity contribution in [2.24, 2.45) is 0 Å². The third kappa shape index (κ3) is 3.20. The Balaban J connectivity index is 1.86. The van der Waals surface area contributed by atoms with E-state index < -0.39 is 0 Å². The summed E-state index contributed by atoms with van der Waals surface area (Å²) in [4.78, 5) is 2.16. The molecule has 2 rings (SSSR count). The Labute approximate surface area is 103 Å². The van der Waals surface area contributed by atoms with E-state index in [1.165, 1.54) is 5.56 Å². The van der Waals surface area contributed by atoms with Gasteiger partial charge >= 0.3 is 0 Å². The van der Waals surface area contributed by atoms with Gasteiger partial charge in [0.2, 0.25) is 0 Å². The van der Waals surface area contributed by atoms with Crippen molar-refractivity contribution >= 4 is 0 Å². The van der Waals surface area contributed by atoms with Crippen molar-refractivity contribution in [1.82, 2.24) is 4.90 Å². The van der Waals surface area contributed by atoms with Crippen LogP contribution in [0.5, 0.6) is 5.75 Å². The predicted octanol–water partition coefficient (Wildman–Crippen LogP) is 2.00. The third-order valence-electron chi connectivity index (χ3n) is 3.18. The molecule has 0 bridgehead atoms. The molecule has 0 aromatic heterocycles. The molecule has 17 heavy (non-hydrogen) atoms. The van der Waals surface area contributed by atoms with Crippen molar-refractivity contribution in [2.75, 3.05) is 27.2 Å². The van der Waals surface area contributed by atoms with E-state index in [4.69, 9.17) is 4.74 Å². The lowest BCUT2D eigenvalue weighted by Gasteiger charge is -2.11. The predicted molar refractivity (Wildman–Crippen MR) is 68.4 cm³/mol. The van der Waals surface area contributed by atoms with Crippen LogP contribution in [0.3, 0.4) is 0 Å². The molecule has 3 nitrogen and oxygen atoms in total. The lowest BCUT2D eigenvalue weighted by molar-refractivity contribution is 0.180. The SMILES string of the molecule is CN(C)CCCOc1ccc2c(c1)CCC2O. The molecule has 0 radical (unpaired) electrons.